The molecule has 0 heterocycles. The summed E-state index contributed by atoms with van der Waals surface area (Å²) >= 11 is 0. The number of fused-ring (bicyclic) bond motifs is 7. The SMILES string of the molecule is CCCCC(C)C1CCC2(C)C1CC[C@]1(C)C2CCC2[C@@]3(C)CCCC(C)(C)C3CC[C@]21C. The molecule has 0 N–H and O–H groups in total. The number of hydrogen-bond acceptors (Lipinski definition) is 0. The summed E-state index contributed by atoms with van der Waals surface area (Å²) in [5.74, 6) is 5.88. The van der Waals surface area contributed by atoms with Crippen molar-refractivity contribution in [2.45, 2.75) is 145 Å². The van der Waals surface area contributed by atoms with Gasteiger partial charge in [0.25, 0.3) is 0 Å². The molecule has 190 valence electrons. The molecule has 5 rings (SSSR count). The predicted molar refractivity (Wildman–Crippen MR) is 143 cm³/mol. The predicted octanol–water partition coefficient (Wildman–Crippen LogP) is 10.3. The molecule has 5 fully saturated rings. The molecule has 7 unspecified atom stereocenters. The van der Waals surface area contributed by atoms with Crippen LogP contribution in [0.1, 0.15) is 145 Å². The van der Waals surface area contributed by atoms with Gasteiger partial charge in [-0.05, 0) is 127 Å². The molecular weight excluding hydrogens is 396 g/mol. The van der Waals surface area contributed by atoms with Gasteiger partial charge in [0.1, 0.15) is 0 Å². The van der Waals surface area contributed by atoms with Crippen molar-refractivity contribution in [2.24, 2.45) is 62.6 Å². The molecule has 33 heavy (non-hydrogen) atoms. The second-order valence-electron chi connectivity index (χ2n) is 15.9. The third-order valence-corrected chi connectivity index (χ3v) is 14.5. The van der Waals surface area contributed by atoms with Crippen LogP contribution in [0.15, 0.2) is 0 Å². The lowest BCUT2D eigenvalue weighted by atomic mass is 9.32. The third-order valence-electron chi connectivity index (χ3n) is 14.5. The Labute approximate surface area is 207 Å². The summed E-state index contributed by atoms with van der Waals surface area (Å²) in [7, 11) is 0. The van der Waals surface area contributed by atoms with E-state index in [4.69, 9.17) is 0 Å². The first-order valence-electron chi connectivity index (χ1n) is 15.4. The van der Waals surface area contributed by atoms with Gasteiger partial charge in [-0.3, -0.25) is 0 Å². The quantitative estimate of drug-likeness (QED) is 0.396. The van der Waals surface area contributed by atoms with Crippen molar-refractivity contribution >= 4 is 0 Å². The first-order chi connectivity index (χ1) is 15.4. The lowest BCUT2D eigenvalue weighted by Gasteiger charge is -2.73. The molecule has 5 aliphatic carbocycles. The second-order valence-corrected chi connectivity index (χ2v) is 15.9. The molecule has 0 aromatic carbocycles. The van der Waals surface area contributed by atoms with Gasteiger partial charge in [-0.2, -0.15) is 0 Å². The fraction of sp³-hybridized carbons (Fsp3) is 1.00. The molecule has 0 bridgehead atoms. The monoisotopic (exact) mass is 454 g/mol. The van der Waals surface area contributed by atoms with Gasteiger partial charge < -0.3 is 0 Å². The van der Waals surface area contributed by atoms with Crippen molar-refractivity contribution in [3.63, 3.8) is 0 Å². The Bertz CT molecular complexity index is 734. The number of unbranched alkanes of at least 4 members (excludes halogenated alkanes) is 1. The van der Waals surface area contributed by atoms with Crippen LogP contribution < -0.4 is 0 Å². The summed E-state index contributed by atoms with van der Waals surface area (Å²) in [5, 5.41) is 0. The molecule has 10 atom stereocenters. The van der Waals surface area contributed by atoms with Crippen molar-refractivity contribution in [1.82, 2.24) is 0 Å². The summed E-state index contributed by atoms with van der Waals surface area (Å²) in [6.45, 7) is 21.5. The highest BCUT2D eigenvalue weighted by Gasteiger charge is 2.70. The maximum Gasteiger partial charge on any atom is -0.0235 e. The van der Waals surface area contributed by atoms with Crippen molar-refractivity contribution in [2.75, 3.05) is 0 Å². The molecule has 0 saturated heterocycles. The van der Waals surface area contributed by atoms with Crippen LogP contribution in [0.2, 0.25) is 0 Å². The van der Waals surface area contributed by atoms with Crippen LogP contribution in [-0.4, -0.2) is 0 Å². The lowest BCUT2D eigenvalue weighted by molar-refractivity contribution is -0.241. The Kier molecular flexibility index (Phi) is 5.98. The molecule has 0 aromatic rings. The van der Waals surface area contributed by atoms with E-state index in [1.807, 2.05) is 0 Å². The van der Waals surface area contributed by atoms with Gasteiger partial charge in [0.05, 0.1) is 0 Å². The van der Waals surface area contributed by atoms with E-state index >= 15 is 0 Å². The summed E-state index contributed by atoms with van der Waals surface area (Å²) in [6, 6.07) is 0. The number of rotatable bonds is 4. The Morgan fingerprint density at radius 3 is 1.97 bits per heavy atom. The fourth-order valence-corrected chi connectivity index (χ4v) is 12.8. The Morgan fingerprint density at radius 1 is 0.667 bits per heavy atom. The zero-order valence-electron chi connectivity index (χ0n) is 23.9. The van der Waals surface area contributed by atoms with Crippen molar-refractivity contribution in [3.05, 3.63) is 0 Å². The summed E-state index contributed by atoms with van der Waals surface area (Å²) < 4.78 is 0. The molecule has 0 aromatic heterocycles. The largest absolute Gasteiger partial charge is 0.0654 e. The molecular formula is C33H58. The lowest BCUT2D eigenvalue weighted by Crippen LogP contribution is -2.65. The van der Waals surface area contributed by atoms with Gasteiger partial charge in [-0.15, -0.1) is 0 Å². The first kappa shape index (κ1) is 24.7. The van der Waals surface area contributed by atoms with E-state index in [-0.39, 0.29) is 0 Å². The van der Waals surface area contributed by atoms with Crippen molar-refractivity contribution in [1.29, 1.82) is 0 Å². The van der Waals surface area contributed by atoms with Crippen LogP contribution in [0.4, 0.5) is 0 Å². The second kappa shape index (κ2) is 8.00. The molecule has 0 spiro atoms. The van der Waals surface area contributed by atoms with E-state index < -0.39 is 0 Å². The standard InChI is InChI=1S/C33H58/c1-9-10-12-23(2)24-15-20-30(5)25(24)16-21-32(7)27(30)13-14-28-31(6)19-11-18-29(3,4)26(31)17-22-33(28,32)8/h23-28H,9-22H2,1-8H3/t23?,24?,25?,26?,27?,28?,30?,31-,32+,33+/m0/s1. The van der Waals surface area contributed by atoms with Crippen LogP contribution in [0.25, 0.3) is 0 Å². The minimum Gasteiger partial charge on any atom is -0.0654 e. The molecule has 0 heteroatoms. The summed E-state index contributed by atoms with van der Waals surface area (Å²) in [4.78, 5) is 0. The van der Waals surface area contributed by atoms with E-state index in [0.717, 1.165) is 35.5 Å². The van der Waals surface area contributed by atoms with E-state index in [1.54, 1.807) is 12.8 Å². The average Bonchev–Trinajstić information content (AvgIpc) is 3.09. The highest BCUT2D eigenvalue weighted by atomic mass is 14.7. The van der Waals surface area contributed by atoms with E-state index in [0.29, 0.717) is 27.1 Å². The van der Waals surface area contributed by atoms with Gasteiger partial charge >= 0.3 is 0 Å². The maximum absolute atomic E-state index is 2.83. The Balaban J connectivity index is 1.45. The van der Waals surface area contributed by atoms with E-state index in [9.17, 15) is 0 Å². The van der Waals surface area contributed by atoms with Crippen LogP contribution in [-0.2, 0) is 0 Å². The zero-order valence-corrected chi connectivity index (χ0v) is 23.9. The third kappa shape index (κ3) is 3.26. The Hall–Kier alpha value is 0. The molecule has 0 radical (unpaired) electrons. The minimum absolute atomic E-state index is 0.559. The van der Waals surface area contributed by atoms with E-state index in [2.05, 4.69) is 55.4 Å². The van der Waals surface area contributed by atoms with Gasteiger partial charge in [-0.1, -0.05) is 81.1 Å². The maximum atomic E-state index is 2.83. The molecule has 0 nitrogen and oxygen atoms in total. The van der Waals surface area contributed by atoms with Crippen molar-refractivity contribution < 1.29 is 0 Å². The minimum atomic E-state index is 0.559. The van der Waals surface area contributed by atoms with Gasteiger partial charge in [-0.25, -0.2) is 0 Å². The summed E-state index contributed by atoms with van der Waals surface area (Å²) in [6.07, 6.45) is 21.0. The topological polar surface area (TPSA) is 0 Å². The molecule has 0 aliphatic heterocycles. The first-order valence-corrected chi connectivity index (χ1v) is 15.4. The summed E-state index contributed by atoms with van der Waals surface area (Å²) in [5.41, 5.74) is 2.90. The molecule has 5 aliphatic rings. The van der Waals surface area contributed by atoms with Crippen LogP contribution >= 0.6 is 0 Å². The van der Waals surface area contributed by atoms with Crippen molar-refractivity contribution in [3.8, 4) is 0 Å². The smallest absolute Gasteiger partial charge is 0.0235 e. The van der Waals surface area contributed by atoms with E-state index in [1.165, 1.54) is 77.0 Å². The van der Waals surface area contributed by atoms with Crippen LogP contribution in [0.5, 0.6) is 0 Å². The highest BCUT2D eigenvalue weighted by molar-refractivity contribution is 5.19. The van der Waals surface area contributed by atoms with Crippen LogP contribution in [0, 0.1) is 62.6 Å². The van der Waals surface area contributed by atoms with Gasteiger partial charge in [0.2, 0.25) is 0 Å². The van der Waals surface area contributed by atoms with Crippen LogP contribution in [0.3, 0.4) is 0 Å². The Morgan fingerprint density at radius 2 is 1.30 bits per heavy atom. The molecule has 0 amide bonds. The normalized spacial score (nSPS) is 54.0. The highest BCUT2D eigenvalue weighted by Crippen LogP contribution is 2.78. The van der Waals surface area contributed by atoms with Gasteiger partial charge in [0, 0.05) is 0 Å². The molecule has 5 saturated carbocycles. The van der Waals surface area contributed by atoms with Gasteiger partial charge in [0.15, 0.2) is 0 Å². The fourth-order valence-electron chi connectivity index (χ4n) is 12.8. The average molecular weight is 455 g/mol. The number of hydrogen-bond donors (Lipinski definition) is 0. The zero-order chi connectivity index (χ0) is 23.9.